The minimum Gasteiger partial charge on any atom is -0.161 e. The Labute approximate surface area is 166 Å². The summed E-state index contributed by atoms with van der Waals surface area (Å²) in [6, 6.07) is 32.0. The molecule has 1 aliphatic rings. The molecular weight excluding hydrogens is 344 g/mol. The van der Waals surface area contributed by atoms with Gasteiger partial charge < -0.3 is 0 Å². The van der Waals surface area contributed by atoms with Crippen LogP contribution in [0, 0.1) is 0 Å². The predicted molar refractivity (Wildman–Crippen MR) is 118 cm³/mol. The maximum absolute atomic E-state index is 2.43. The summed E-state index contributed by atoms with van der Waals surface area (Å²) in [6.07, 6.45) is 6.93. The van der Waals surface area contributed by atoms with Gasteiger partial charge in [0.1, 0.15) is 0 Å². The van der Waals surface area contributed by atoms with Crippen LogP contribution in [0.1, 0.15) is 50.5 Å². The highest BCUT2D eigenvalue weighted by Gasteiger charge is 2.29. The molecule has 0 heterocycles. The van der Waals surface area contributed by atoms with Gasteiger partial charge in [0.05, 0.1) is 0 Å². The fraction of sp³-hybridized carbons (Fsp3) is 0.308. The lowest BCUT2D eigenvalue weighted by Gasteiger charge is -2.41. The summed E-state index contributed by atoms with van der Waals surface area (Å²) >= 11 is 0. The maximum Gasteiger partial charge on any atom is -0.00186 e. The van der Waals surface area contributed by atoms with Crippen molar-refractivity contribution in [2.75, 3.05) is 5.75 Å². The highest BCUT2D eigenvalue weighted by atomic mass is 32.3. The van der Waals surface area contributed by atoms with Crippen LogP contribution in [-0.4, -0.2) is 5.75 Å². The topological polar surface area (TPSA) is 0 Å². The number of hydrogen-bond acceptors (Lipinski definition) is 0. The Bertz CT molecular complexity index is 791. The van der Waals surface area contributed by atoms with E-state index in [1.165, 1.54) is 46.8 Å². The van der Waals surface area contributed by atoms with E-state index in [0.717, 1.165) is 11.7 Å². The maximum atomic E-state index is 2.43. The number of hydrogen-bond donors (Lipinski definition) is 0. The van der Waals surface area contributed by atoms with E-state index in [2.05, 4.69) is 91.9 Å². The first-order valence-corrected chi connectivity index (χ1v) is 12.2. The zero-order valence-electron chi connectivity index (χ0n) is 16.3. The molecule has 3 aromatic rings. The molecule has 0 spiro atoms. The second kappa shape index (κ2) is 8.35. The SMILES string of the molecule is CCS(c1ccccc1)(c1ccccc1)c1ccc(C2CCCCC2)cc1. The molecule has 0 bridgehead atoms. The minimum absolute atomic E-state index is 0.771. The third-order valence-corrected chi connectivity index (χ3v) is 10.2. The van der Waals surface area contributed by atoms with Crippen molar-refractivity contribution in [3.63, 3.8) is 0 Å². The van der Waals surface area contributed by atoms with Gasteiger partial charge in [-0.15, -0.1) is 0 Å². The zero-order valence-corrected chi connectivity index (χ0v) is 17.1. The molecule has 0 nitrogen and oxygen atoms in total. The van der Waals surface area contributed by atoms with Gasteiger partial charge in [0.15, 0.2) is 0 Å². The molecule has 0 unspecified atom stereocenters. The molecular formula is C26H30S. The molecule has 4 rings (SSSR count). The zero-order chi connectivity index (χ0) is 18.5. The van der Waals surface area contributed by atoms with E-state index in [0.29, 0.717) is 0 Å². The van der Waals surface area contributed by atoms with Crippen molar-refractivity contribution in [2.24, 2.45) is 0 Å². The molecule has 0 amide bonds. The lowest BCUT2D eigenvalue weighted by molar-refractivity contribution is 0.443. The normalized spacial score (nSPS) is 16.2. The van der Waals surface area contributed by atoms with Crippen LogP contribution in [-0.2, 0) is 0 Å². The lowest BCUT2D eigenvalue weighted by atomic mass is 9.84. The van der Waals surface area contributed by atoms with Crippen molar-refractivity contribution in [3.05, 3.63) is 90.5 Å². The fourth-order valence-electron chi connectivity index (χ4n) is 4.62. The average Bonchev–Trinajstić information content (AvgIpc) is 2.77. The van der Waals surface area contributed by atoms with Crippen molar-refractivity contribution >= 4 is 10.0 Å². The molecule has 0 atom stereocenters. The smallest absolute Gasteiger partial charge is 0.00186 e. The summed E-state index contributed by atoms with van der Waals surface area (Å²) in [7, 11) is -1.22. The first-order valence-electron chi connectivity index (χ1n) is 10.4. The highest BCUT2D eigenvalue weighted by molar-refractivity contribution is 8.33. The summed E-state index contributed by atoms with van der Waals surface area (Å²) in [4.78, 5) is 4.41. The molecule has 0 radical (unpaired) electrons. The predicted octanol–water partition coefficient (Wildman–Crippen LogP) is 8.04. The Kier molecular flexibility index (Phi) is 5.69. The molecule has 0 N–H and O–H groups in total. The Hall–Kier alpha value is -1.99. The van der Waals surface area contributed by atoms with E-state index in [-0.39, 0.29) is 0 Å². The van der Waals surface area contributed by atoms with Gasteiger partial charge in [0.2, 0.25) is 0 Å². The van der Waals surface area contributed by atoms with Crippen LogP contribution < -0.4 is 0 Å². The monoisotopic (exact) mass is 374 g/mol. The molecule has 140 valence electrons. The standard InChI is InChI=1S/C26H30S/c1-2-27(24-14-8-4-9-15-24,25-16-10-5-11-17-25)26-20-18-23(19-21-26)22-12-6-3-7-13-22/h4-5,8-11,14-22H,2-3,6-7,12-13H2,1H3. The Morgan fingerprint density at radius 1 is 0.630 bits per heavy atom. The molecule has 1 heteroatoms. The summed E-state index contributed by atoms with van der Waals surface area (Å²) in [5.74, 6) is 1.90. The van der Waals surface area contributed by atoms with Crippen molar-refractivity contribution in [2.45, 2.75) is 59.6 Å². The average molecular weight is 375 g/mol. The van der Waals surface area contributed by atoms with Crippen molar-refractivity contribution in [1.82, 2.24) is 0 Å². The molecule has 0 aliphatic heterocycles. The quantitative estimate of drug-likeness (QED) is 0.424. The molecule has 1 fully saturated rings. The van der Waals surface area contributed by atoms with Crippen LogP contribution in [0.2, 0.25) is 0 Å². The Morgan fingerprint density at radius 3 is 1.59 bits per heavy atom. The van der Waals surface area contributed by atoms with Crippen LogP contribution in [0.25, 0.3) is 0 Å². The van der Waals surface area contributed by atoms with Crippen LogP contribution in [0.3, 0.4) is 0 Å². The summed E-state index contributed by atoms with van der Waals surface area (Å²) in [5, 5.41) is 0. The van der Waals surface area contributed by atoms with Crippen molar-refractivity contribution < 1.29 is 0 Å². The van der Waals surface area contributed by atoms with Gasteiger partial charge in [-0.1, -0.05) is 74.7 Å². The van der Waals surface area contributed by atoms with Crippen LogP contribution in [0.4, 0.5) is 0 Å². The third kappa shape index (κ3) is 3.58. The highest BCUT2D eigenvalue weighted by Crippen LogP contribution is 2.67. The van der Waals surface area contributed by atoms with Crippen LogP contribution in [0.5, 0.6) is 0 Å². The van der Waals surface area contributed by atoms with E-state index in [4.69, 9.17) is 0 Å². The van der Waals surface area contributed by atoms with E-state index >= 15 is 0 Å². The van der Waals surface area contributed by atoms with Gasteiger partial charge in [0, 0.05) is 0 Å². The minimum atomic E-state index is -1.22. The molecule has 0 saturated heterocycles. The third-order valence-electron chi connectivity index (χ3n) is 6.08. The Balaban J connectivity index is 1.79. The molecule has 27 heavy (non-hydrogen) atoms. The second-order valence-corrected chi connectivity index (χ2v) is 11.0. The summed E-state index contributed by atoms with van der Waals surface area (Å²) < 4.78 is 0. The summed E-state index contributed by atoms with van der Waals surface area (Å²) in [5.41, 5.74) is 1.55. The van der Waals surface area contributed by atoms with E-state index in [1.807, 2.05) is 0 Å². The van der Waals surface area contributed by atoms with E-state index in [9.17, 15) is 0 Å². The van der Waals surface area contributed by atoms with Crippen LogP contribution >= 0.6 is 10.0 Å². The molecule has 0 aromatic heterocycles. The number of rotatable bonds is 5. The first kappa shape index (κ1) is 18.4. The van der Waals surface area contributed by atoms with Crippen molar-refractivity contribution in [3.8, 4) is 0 Å². The van der Waals surface area contributed by atoms with Gasteiger partial charge in [0.25, 0.3) is 0 Å². The molecule has 1 aliphatic carbocycles. The lowest BCUT2D eigenvalue weighted by Crippen LogP contribution is -2.08. The van der Waals surface area contributed by atoms with Crippen LogP contribution in [0.15, 0.2) is 99.6 Å². The Morgan fingerprint density at radius 2 is 1.11 bits per heavy atom. The van der Waals surface area contributed by atoms with Gasteiger partial charge in [-0.3, -0.25) is 0 Å². The van der Waals surface area contributed by atoms with E-state index < -0.39 is 10.0 Å². The van der Waals surface area contributed by atoms with Gasteiger partial charge in [-0.25, -0.2) is 0 Å². The van der Waals surface area contributed by atoms with Gasteiger partial charge in [-0.05, 0) is 81.2 Å². The number of benzene rings is 3. The molecule has 3 aromatic carbocycles. The fourth-order valence-corrected chi connectivity index (χ4v) is 8.28. The first-order chi connectivity index (χ1) is 13.3. The second-order valence-electron chi connectivity index (χ2n) is 7.56. The van der Waals surface area contributed by atoms with Gasteiger partial charge in [-0.2, -0.15) is 10.0 Å². The largest absolute Gasteiger partial charge is 0.161 e. The van der Waals surface area contributed by atoms with Crippen molar-refractivity contribution in [1.29, 1.82) is 0 Å². The summed E-state index contributed by atoms with van der Waals surface area (Å²) in [6.45, 7) is 2.35. The molecule has 1 saturated carbocycles. The van der Waals surface area contributed by atoms with Gasteiger partial charge >= 0.3 is 0 Å². The van der Waals surface area contributed by atoms with E-state index in [1.54, 1.807) is 5.56 Å².